The average molecular weight is 464 g/mol. The van der Waals surface area contributed by atoms with Gasteiger partial charge in [0, 0.05) is 17.9 Å². The molecular formula is C22H23Cl2N3O2S. The standard InChI is InChI=1S/C20H17Cl2N3O2S.C2H6/c21-18-11-8-16(12-19(18)22)25-28(27)17-9-6-14(7-10-17)13-23-20(26)24-15-4-2-1-3-5-15;1-2/h1-12,25H,13H2,(H2,23,24,26);1-2H3. The minimum Gasteiger partial charge on any atom is -0.334 e. The summed E-state index contributed by atoms with van der Waals surface area (Å²) < 4.78 is 15.3. The van der Waals surface area contributed by atoms with Crippen LogP contribution >= 0.6 is 23.2 Å². The topological polar surface area (TPSA) is 70.2 Å². The van der Waals surface area contributed by atoms with Gasteiger partial charge >= 0.3 is 6.03 Å². The van der Waals surface area contributed by atoms with Crippen molar-refractivity contribution in [2.75, 3.05) is 10.0 Å². The molecule has 3 rings (SSSR count). The van der Waals surface area contributed by atoms with E-state index in [0.29, 0.717) is 27.2 Å². The molecule has 0 radical (unpaired) electrons. The second-order valence-corrected chi connectivity index (χ2v) is 7.84. The smallest absolute Gasteiger partial charge is 0.319 e. The number of para-hydroxylation sites is 1. The van der Waals surface area contributed by atoms with Crippen LogP contribution in [0.1, 0.15) is 19.4 Å². The van der Waals surface area contributed by atoms with Gasteiger partial charge in [-0.25, -0.2) is 9.00 Å². The molecule has 0 aliphatic heterocycles. The second kappa shape index (κ2) is 12.2. The lowest BCUT2D eigenvalue weighted by Gasteiger charge is -2.09. The number of anilines is 2. The van der Waals surface area contributed by atoms with Crippen molar-refractivity contribution < 1.29 is 9.00 Å². The molecule has 5 nitrogen and oxygen atoms in total. The van der Waals surface area contributed by atoms with Crippen LogP contribution in [0.4, 0.5) is 16.2 Å². The van der Waals surface area contributed by atoms with Gasteiger partial charge < -0.3 is 15.4 Å². The number of rotatable bonds is 6. The summed E-state index contributed by atoms with van der Waals surface area (Å²) in [5.41, 5.74) is 2.22. The number of benzene rings is 3. The first-order valence-electron chi connectivity index (χ1n) is 9.33. The molecule has 1 unspecified atom stereocenters. The molecule has 3 aromatic rings. The van der Waals surface area contributed by atoms with E-state index >= 15 is 0 Å². The van der Waals surface area contributed by atoms with E-state index in [1.165, 1.54) is 0 Å². The minimum atomic E-state index is -1.45. The third kappa shape index (κ3) is 7.37. The average Bonchev–Trinajstić information content (AvgIpc) is 2.77. The first-order chi connectivity index (χ1) is 14.5. The highest BCUT2D eigenvalue weighted by Gasteiger charge is 2.07. The fraction of sp³-hybridized carbons (Fsp3) is 0.136. The molecule has 0 spiro atoms. The van der Waals surface area contributed by atoms with Crippen molar-refractivity contribution >= 4 is 51.6 Å². The Bertz CT molecular complexity index is 983. The van der Waals surface area contributed by atoms with Crippen LogP contribution in [0.15, 0.2) is 77.7 Å². The number of carbonyl (C=O) groups is 1. The fourth-order valence-electron chi connectivity index (χ4n) is 2.34. The SMILES string of the molecule is CC.O=C(NCc1ccc(S(=O)Nc2ccc(Cl)c(Cl)c2)cc1)Nc1ccccc1. The monoisotopic (exact) mass is 463 g/mol. The van der Waals surface area contributed by atoms with Crippen molar-refractivity contribution in [1.82, 2.24) is 5.32 Å². The van der Waals surface area contributed by atoms with Crippen molar-refractivity contribution in [3.8, 4) is 0 Å². The lowest BCUT2D eigenvalue weighted by Crippen LogP contribution is -2.28. The van der Waals surface area contributed by atoms with Gasteiger partial charge in [0.15, 0.2) is 0 Å². The number of amides is 2. The molecule has 158 valence electrons. The molecular weight excluding hydrogens is 441 g/mol. The van der Waals surface area contributed by atoms with Crippen LogP contribution in [-0.2, 0) is 17.5 Å². The van der Waals surface area contributed by atoms with Gasteiger partial charge in [0.05, 0.1) is 14.9 Å². The summed E-state index contributed by atoms with van der Waals surface area (Å²) in [7, 11) is -1.45. The van der Waals surface area contributed by atoms with Crippen LogP contribution < -0.4 is 15.4 Å². The third-order valence-electron chi connectivity index (χ3n) is 3.75. The van der Waals surface area contributed by atoms with E-state index in [2.05, 4.69) is 15.4 Å². The van der Waals surface area contributed by atoms with Crippen LogP contribution in [0.5, 0.6) is 0 Å². The Balaban J connectivity index is 0.00000155. The van der Waals surface area contributed by atoms with Gasteiger partial charge in [0.2, 0.25) is 0 Å². The molecule has 0 fully saturated rings. The zero-order valence-corrected chi connectivity index (χ0v) is 18.9. The number of halogens is 2. The molecule has 3 aromatic carbocycles. The minimum absolute atomic E-state index is 0.292. The van der Waals surface area contributed by atoms with Gasteiger partial charge in [0.1, 0.15) is 11.0 Å². The Kier molecular flexibility index (Phi) is 9.67. The van der Waals surface area contributed by atoms with E-state index in [9.17, 15) is 9.00 Å². The van der Waals surface area contributed by atoms with Crippen molar-refractivity contribution in [1.29, 1.82) is 0 Å². The van der Waals surface area contributed by atoms with E-state index in [1.807, 2.05) is 56.3 Å². The van der Waals surface area contributed by atoms with Crippen LogP contribution in [0, 0.1) is 0 Å². The number of hydrogen-bond acceptors (Lipinski definition) is 2. The Morgan fingerprint density at radius 1 is 0.867 bits per heavy atom. The van der Waals surface area contributed by atoms with Gasteiger partial charge in [-0.15, -0.1) is 0 Å². The van der Waals surface area contributed by atoms with Crippen molar-refractivity contribution in [3.05, 3.63) is 88.4 Å². The number of urea groups is 1. The molecule has 2 amide bonds. The Morgan fingerprint density at radius 2 is 1.53 bits per heavy atom. The lowest BCUT2D eigenvalue weighted by atomic mass is 10.2. The van der Waals surface area contributed by atoms with Gasteiger partial charge in [-0.2, -0.15) is 0 Å². The van der Waals surface area contributed by atoms with Gasteiger partial charge in [-0.1, -0.05) is 67.4 Å². The quantitative estimate of drug-likeness (QED) is 0.391. The zero-order valence-electron chi connectivity index (χ0n) is 16.6. The first kappa shape index (κ1) is 23.7. The second-order valence-electron chi connectivity index (χ2n) is 5.82. The van der Waals surface area contributed by atoms with Crippen LogP contribution in [-0.4, -0.2) is 10.2 Å². The molecule has 0 aliphatic carbocycles. The van der Waals surface area contributed by atoms with E-state index in [-0.39, 0.29) is 6.03 Å². The van der Waals surface area contributed by atoms with E-state index in [4.69, 9.17) is 23.2 Å². The molecule has 0 bridgehead atoms. The summed E-state index contributed by atoms with van der Waals surface area (Å²) in [5.74, 6) is 0. The van der Waals surface area contributed by atoms with Crippen LogP contribution in [0.3, 0.4) is 0 Å². The molecule has 0 saturated carbocycles. The molecule has 0 heterocycles. The summed E-state index contributed by atoms with van der Waals surface area (Å²) in [6.07, 6.45) is 0. The molecule has 0 aliphatic rings. The summed E-state index contributed by atoms with van der Waals surface area (Å²) in [5, 5.41) is 6.35. The van der Waals surface area contributed by atoms with E-state index < -0.39 is 11.0 Å². The maximum absolute atomic E-state index is 12.4. The van der Waals surface area contributed by atoms with Gasteiger partial charge in [-0.3, -0.25) is 0 Å². The van der Waals surface area contributed by atoms with E-state index in [1.54, 1.807) is 30.3 Å². The molecule has 1 atom stereocenters. The maximum atomic E-state index is 12.4. The van der Waals surface area contributed by atoms with Crippen LogP contribution in [0.2, 0.25) is 10.0 Å². The Labute approximate surface area is 189 Å². The third-order valence-corrected chi connectivity index (χ3v) is 5.61. The van der Waals surface area contributed by atoms with E-state index in [0.717, 1.165) is 11.3 Å². The van der Waals surface area contributed by atoms with Gasteiger partial charge in [-0.05, 0) is 48.0 Å². The molecule has 0 aromatic heterocycles. The summed E-state index contributed by atoms with van der Waals surface area (Å²) in [6, 6.07) is 21.0. The summed E-state index contributed by atoms with van der Waals surface area (Å²) in [4.78, 5) is 12.5. The molecule has 8 heteroatoms. The van der Waals surface area contributed by atoms with Crippen molar-refractivity contribution in [3.63, 3.8) is 0 Å². The fourth-order valence-corrected chi connectivity index (χ4v) is 3.48. The normalized spacial score (nSPS) is 10.9. The highest BCUT2D eigenvalue weighted by atomic mass is 35.5. The van der Waals surface area contributed by atoms with Gasteiger partial charge in [0.25, 0.3) is 0 Å². The Morgan fingerprint density at radius 3 is 2.17 bits per heavy atom. The predicted molar refractivity (Wildman–Crippen MR) is 127 cm³/mol. The summed E-state index contributed by atoms with van der Waals surface area (Å²) in [6.45, 7) is 4.35. The highest BCUT2D eigenvalue weighted by Crippen LogP contribution is 2.25. The maximum Gasteiger partial charge on any atom is 0.319 e. The summed E-state index contributed by atoms with van der Waals surface area (Å²) >= 11 is 11.8. The largest absolute Gasteiger partial charge is 0.334 e. The number of nitrogens with one attached hydrogen (secondary N) is 3. The number of hydrogen-bond donors (Lipinski definition) is 3. The predicted octanol–water partition coefficient (Wildman–Crippen LogP) is 6.48. The van der Waals surface area contributed by atoms with Crippen LogP contribution in [0.25, 0.3) is 0 Å². The first-order valence-corrected chi connectivity index (χ1v) is 11.2. The van der Waals surface area contributed by atoms with Crippen molar-refractivity contribution in [2.45, 2.75) is 25.3 Å². The zero-order chi connectivity index (χ0) is 21.9. The van der Waals surface area contributed by atoms with Crippen molar-refractivity contribution in [2.24, 2.45) is 0 Å². The number of carbonyl (C=O) groups excluding carboxylic acids is 1. The molecule has 30 heavy (non-hydrogen) atoms. The highest BCUT2D eigenvalue weighted by molar-refractivity contribution is 7.86. The molecule has 3 N–H and O–H groups in total. The molecule has 0 saturated heterocycles. The Hall–Kier alpha value is -2.54. The lowest BCUT2D eigenvalue weighted by molar-refractivity contribution is 0.251.